The summed E-state index contributed by atoms with van der Waals surface area (Å²) in [5.74, 6) is -0.482. The molecule has 0 aliphatic carbocycles. The molecule has 0 bridgehead atoms. The van der Waals surface area contributed by atoms with Gasteiger partial charge in [0.15, 0.2) is 0 Å². The largest absolute Gasteiger partial charge is 0.350 e. The second-order valence-corrected chi connectivity index (χ2v) is 6.12. The number of pyridine rings is 1. The topological polar surface area (TPSA) is 62.3 Å². The highest BCUT2D eigenvalue weighted by Crippen LogP contribution is 2.15. The van der Waals surface area contributed by atoms with Crippen molar-refractivity contribution in [3.05, 3.63) is 95.8 Å². The third-order valence-electron chi connectivity index (χ3n) is 4.23. The first-order valence-electron chi connectivity index (χ1n) is 8.76. The molecule has 0 unspecified atom stereocenters. The summed E-state index contributed by atoms with van der Waals surface area (Å²) in [4.78, 5) is 30.7. The number of nitrogens with zero attached hydrogens (tertiary/aromatic N) is 2. The number of carbonyl (C=O) groups is 2. The van der Waals surface area contributed by atoms with Crippen LogP contribution in [0.1, 0.15) is 26.4 Å². The molecular formula is C22H21N3O2. The Labute approximate surface area is 158 Å². The van der Waals surface area contributed by atoms with Crippen LogP contribution in [-0.4, -0.2) is 30.4 Å². The van der Waals surface area contributed by atoms with E-state index in [0.29, 0.717) is 12.1 Å². The van der Waals surface area contributed by atoms with E-state index in [-0.39, 0.29) is 17.5 Å². The van der Waals surface area contributed by atoms with E-state index in [0.717, 1.165) is 17.7 Å². The molecule has 1 N–H and O–H groups in total. The molecule has 0 aliphatic rings. The van der Waals surface area contributed by atoms with Crippen molar-refractivity contribution in [2.75, 3.05) is 18.5 Å². The molecule has 2 amide bonds. The number of anilines is 1. The molecule has 1 aromatic heterocycles. The SMILES string of the molecule is CN(C(=O)c1ccnc(C(=O)NCCc2ccccc2)c1)c1ccccc1. The van der Waals surface area contributed by atoms with Crippen LogP contribution < -0.4 is 10.2 Å². The van der Waals surface area contributed by atoms with Gasteiger partial charge in [0, 0.05) is 31.0 Å². The van der Waals surface area contributed by atoms with Gasteiger partial charge >= 0.3 is 0 Å². The van der Waals surface area contributed by atoms with Gasteiger partial charge in [0.25, 0.3) is 11.8 Å². The van der Waals surface area contributed by atoms with Crippen LogP contribution in [0.25, 0.3) is 0 Å². The number of para-hydroxylation sites is 1. The van der Waals surface area contributed by atoms with Gasteiger partial charge in [0.1, 0.15) is 5.69 Å². The summed E-state index contributed by atoms with van der Waals surface area (Å²) in [7, 11) is 1.71. The average molecular weight is 359 g/mol. The normalized spacial score (nSPS) is 10.3. The summed E-state index contributed by atoms with van der Waals surface area (Å²) >= 11 is 0. The molecule has 1 heterocycles. The summed E-state index contributed by atoms with van der Waals surface area (Å²) in [6, 6.07) is 22.4. The highest BCUT2D eigenvalue weighted by Gasteiger charge is 2.16. The Bertz CT molecular complexity index is 911. The lowest BCUT2D eigenvalue weighted by Gasteiger charge is -2.17. The van der Waals surface area contributed by atoms with Gasteiger partial charge in [-0.1, -0.05) is 48.5 Å². The molecule has 0 aliphatic heterocycles. The molecular weight excluding hydrogens is 338 g/mol. The molecule has 2 aromatic carbocycles. The molecule has 136 valence electrons. The molecule has 0 atom stereocenters. The van der Waals surface area contributed by atoms with E-state index >= 15 is 0 Å². The molecule has 5 nitrogen and oxygen atoms in total. The number of benzene rings is 2. The first kappa shape index (κ1) is 18.3. The molecule has 0 radical (unpaired) electrons. The fourth-order valence-corrected chi connectivity index (χ4v) is 2.71. The van der Waals surface area contributed by atoms with Crippen molar-refractivity contribution < 1.29 is 9.59 Å². The number of hydrogen-bond donors (Lipinski definition) is 1. The molecule has 3 rings (SSSR count). The maximum Gasteiger partial charge on any atom is 0.269 e. The van der Waals surface area contributed by atoms with Crippen LogP contribution in [0.5, 0.6) is 0 Å². The number of carbonyl (C=O) groups excluding carboxylic acids is 2. The van der Waals surface area contributed by atoms with Gasteiger partial charge < -0.3 is 10.2 Å². The average Bonchev–Trinajstić information content (AvgIpc) is 2.74. The Morgan fingerprint density at radius 1 is 0.963 bits per heavy atom. The first-order valence-corrected chi connectivity index (χ1v) is 8.76. The minimum absolute atomic E-state index is 0.193. The molecule has 0 spiro atoms. The lowest BCUT2D eigenvalue weighted by Crippen LogP contribution is -2.28. The molecule has 27 heavy (non-hydrogen) atoms. The summed E-state index contributed by atoms with van der Waals surface area (Å²) < 4.78 is 0. The van der Waals surface area contributed by atoms with Crippen molar-refractivity contribution in [1.29, 1.82) is 0 Å². The predicted molar refractivity (Wildman–Crippen MR) is 106 cm³/mol. The second-order valence-electron chi connectivity index (χ2n) is 6.12. The second kappa shape index (κ2) is 8.76. The molecule has 0 saturated heterocycles. The monoisotopic (exact) mass is 359 g/mol. The van der Waals surface area contributed by atoms with Gasteiger partial charge in [-0.05, 0) is 36.2 Å². The van der Waals surface area contributed by atoms with Gasteiger partial charge in [-0.2, -0.15) is 0 Å². The summed E-state index contributed by atoms with van der Waals surface area (Å²) in [6.07, 6.45) is 2.22. The molecule has 5 heteroatoms. The minimum atomic E-state index is -0.289. The standard InChI is InChI=1S/C22H21N3O2/c1-25(19-10-6-3-7-11-19)22(27)18-13-15-23-20(16-18)21(26)24-14-12-17-8-4-2-5-9-17/h2-11,13,15-16H,12,14H2,1H3,(H,24,26). The van der Waals surface area contributed by atoms with Crippen molar-refractivity contribution in [3.8, 4) is 0 Å². The van der Waals surface area contributed by atoms with E-state index in [1.165, 1.54) is 12.3 Å². The fourth-order valence-electron chi connectivity index (χ4n) is 2.71. The smallest absolute Gasteiger partial charge is 0.269 e. The lowest BCUT2D eigenvalue weighted by atomic mass is 10.1. The lowest BCUT2D eigenvalue weighted by molar-refractivity contribution is 0.0949. The molecule has 0 fully saturated rings. The fraction of sp³-hybridized carbons (Fsp3) is 0.136. The predicted octanol–water partition coefficient (Wildman–Crippen LogP) is 3.33. The highest BCUT2D eigenvalue weighted by molar-refractivity contribution is 6.06. The van der Waals surface area contributed by atoms with E-state index in [9.17, 15) is 9.59 Å². The van der Waals surface area contributed by atoms with Crippen molar-refractivity contribution in [3.63, 3.8) is 0 Å². The zero-order chi connectivity index (χ0) is 19.1. The van der Waals surface area contributed by atoms with Crippen molar-refractivity contribution in [2.24, 2.45) is 0 Å². The summed E-state index contributed by atoms with van der Waals surface area (Å²) in [5, 5.41) is 2.85. The zero-order valence-electron chi connectivity index (χ0n) is 15.1. The van der Waals surface area contributed by atoms with Crippen LogP contribution in [0.3, 0.4) is 0 Å². The van der Waals surface area contributed by atoms with Gasteiger partial charge in [-0.15, -0.1) is 0 Å². The van der Waals surface area contributed by atoms with Crippen LogP contribution in [-0.2, 0) is 6.42 Å². The van der Waals surface area contributed by atoms with E-state index in [4.69, 9.17) is 0 Å². The van der Waals surface area contributed by atoms with E-state index < -0.39 is 0 Å². The Morgan fingerprint density at radius 2 is 1.63 bits per heavy atom. The Balaban J connectivity index is 1.64. The summed E-state index contributed by atoms with van der Waals surface area (Å²) in [6.45, 7) is 0.507. The summed E-state index contributed by atoms with van der Waals surface area (Å²) in [5.41, 5.74) is 2.59. The van der Waals surface area contributed by atoms with Crippen LogP contribution in [0.15, 0.2) is 79.0 Å². The van der Waals surface area contributed by atoms with Crippen molar-refractivity contribution in [2.45, 2.75) is 6.42 Å². The van der Waals surface area contributed by atoms with Crippen molar-refractivity contribution in [1.82, 2.24) is 10.3 Å². The highest BCUT2D eigenvalue weighted by atomic mass is 16.2. The maximum atomic E-state index is 12.7. The van der Waals surface area contributed by atoms with Crippen LogP contribution in [0.4, 0.5) is 5.69 Å². The van der Waals surface area contributed by atoms with Gasteiger partial charge in [0.05, 0.1) is 0 Å². The quantitative estimate of drug-likeness (QED) is 0.734. The van der Waals surface area contributed by atoms with Crippen molar-refractivity contribution >= 4 is 17.5 Å². The molecule has 0 saturated carbocycles. The van der Waals surface area contributed by atoms with E-state index in [1.54, 1.807) is 18.0 Å². The van der Waals surface area contributed by atoms with E-state index in [2.05, 4.69) is 10.3 Å². The Hall–Kier alpha value is -3.47. The number of amides is 2. The van der Waals surface area contributed by atoms with Gasteiger partial charge in [0.2, 0.25) is 0 Å². The van der Waals surface area contributed by atoms with Crippen LogP contribution in [0, 0.1) is 0 Å². The Kier molecular flexibility index (Phi) is 5.94. The van der Waals surface area contributed by atoms with Gasteiger partial charge in [-0.3, -0.25) is 14.6 Å². The third-order valence-corrected chi connectivity index (χ3v) is 4.23. The van der Waals surface area contributed by atoms with Crippen LogP contribution >= 0.6 is 0 Å². The molecule has 3 aromatic rings. The first-order chi connectivity index (χ1) is 13.1. The number of hydrogen-bond acceptors (Lipinski definition) is 3. The van der Waals surface area contributed by atoms with Crippen LogP contribution in [0.2, 0.25) is 0 Å². The number of nitrogens with one attached hydrogen (secondary N) is 1. The number of aromatic nitrogens is 1. The van der Waals surface area contributed by atoms with Gasteiger partial charge in [-0.25, -0.2) is 0 Å². The Morgan fingerprint density at radius 3 is 2.33 bits per heavy atom. The zero-order valence-corrected chi connectivity index (χ0v) is 15.1. The minimum Gasteiger partial charge on any atom is -0.350 e. The maximum absolute atomic E-state index is 12.7. The number of rotatable bonds is 6. The van der Waals surface area contributed by atoms with E-state index in [1.807, 2.05) is 60.7 Å². The third kappa shape index (κ3) is 4.79.